The van der Waals surface area contributed by atoms with Gasteiger partial charge in [0.05, 0.1) is 17.1 Å². The molecule has 0 bridgehead atoms. The van der Waals surface area contributed by atoms with Crippen LogP contribution in [-0.4, -0.2) is 24.8 Å². The fraction of sp³-hybridized carbons (Fsp3) is 0.222. The number of hydrogen-bond acceptors (Lipinski definition) is 5. The number of nitrogens with zero attached hydrogens (tertiary/aromatic N) is 2. The van der Waals surface area contributed by atoms with E-state index in [1.807, 2.05) is 0 Å². The molecule has 1 fully saturated rings. The van der Waals surface area contributed by atoms with Gasteiger partial charge >= 0.3 is 0 Å². The van der Waals surface area contributed by atoms with Gasteiger partial charge in [0.25, 0.3) is 0 Å². The van der Waals surface area contributed by atoms with Crippen LogP contribution in [0.1, 0.15) is 47.6 Å². The molecule has 4 aromatic rings. The van der Waals surface area contributed by atoms with Crippen molar-refractivity contribution in [3.05, 3.63) is 99.1 Å². The lowest BCUT2D eigenvalue weighted by Crippen LogP contribution is -2.16. The van der Waals surface area contributed by atoms with E-state index in [-0.39, 0.29) is 18.1 Å². The van der Waals surface area contributed by atoms with Crippen LogP contribution in [0.25, 0.3) is 11.4 Å². The highest BCUT2D eigenvalue weighted by molar-refractivity contribution is 7.79. The number of rotatable bonds is 8. The molecule has 1 aliphatic rings. The molecule has 0 saturated heterocycles. The molecular formula is C27H22Cl2FN3O4S. The molecule has 1 heterocycles. The van der Waals surface area contributed by atoms with Crippen molar-refractivity contribution in [2.45, 2.75) is 36.9 Å². The number of nitrogens with one attached hydrogen (secondary N) is 1. The van der Waals surface area contributed by atoms with Crippen LogP contribution in [0.2, 0.25) is 10.0 Å². The number of carbonyl (C=O) groups excluding carboxylic acids is 1. The molecule has 3 aromatic carbocycles. The summed E-state index contributed by atoms with van der Waals surface area (Å²) in [6.45, 7) is 1.66. The smallest absolute Gasteiger partial charge is 0.237 e. The maximum absolute atomic E-state index is 13.3. The normalized spacial score (nSPS) is 15.6. The summed E-state index contributed by atoms with van der Waals surface area (Å²) in [5.74, 6) is 0.0966. The highest BCUT2D eigenvalue weighted by Crippen LogP contribution is 2.57. The van der Waals surface area contributed by atoms with Gasteiger partial charge in [-0.05, 0) is 67.3 Å². The minimum Gasteiger partial charge on any atom is -0.338 e. The molecule has 7 nitrogen and oxygen atoms in total. The summed E-state index contributed by atoms with van der Waals surface area (Å²) < 4.78 is 39.4. The highest BCUT2D eigenvalue weighted by atomic mass is 35.5. The second-order valence-corrected chi connectivity index (χ2v) is 11.3. The fourth-order valence-electron chi connectivity index (χ4n) is 4.35. The topological polar surface area (TPSA) is 105 Å². The standard InChI is InChI=1S/C27H22Cl2FN3O4S/c1-15(38(35)36)17-4-2-16(3-5-17)12-23(34)31-20-13-21(28)24(22(29)14-20)27(10-11-27)26-32-25(33-37-26)18-6-8-19(30)9-7-18/h2-9,13-15H,10-12H2,1H3,(H,31,34)(H,35,36). The van der Waals surface area contributed by atoms with E-state index in [4.69, 9.17) is 27.7 Å². The first-order chi connectivity index (χ1) is 18.2. The van der Waals surface area contributed by atoms with Gasteiger partial charge in [-0.3, -0.25) is 4.79 Å². The first-order valence-electron chi connectivity index (χ1n) is 11.7. The zero-order valence-electron chi connectivity index (χ0n) is 20.1. The van der Waals surface area contributed by atoms with Gasteiger partial charge < -0.3 is 14.4 Å². The largest absolute Gasteiger partial charge is 0.338 e. The predicted octanol–water partition coefficient (Wildman–Crippen LogP) is 6.73. The molecule has 2 unspecified atom stereocenters. The van der Waals surface area contributed by atoms with Gasteiger partial charge in [0, 0.05) is 26.9 Å². The number of amides is 1. The van der Waals surface area contributed by atoms with E-state index in [0.717, 1.165) is 5.56 Å². The Morgan fingerprint density at radius 3 is 2.34 bits per heavy atom. The van der Waals surface area contributed by atoms with Gasteiger partial charge in [0.1, 0.15) is 5.82 Å². The average Bonchev–Trinajstić information content (AvgIpc) is 3.50. The minimum atomic E-state index is -1.96. The Kier molecular flexibility index (Phi) is 7.37. The van der Waals surface area contributed by atoms with Crippen LogP contribution in [0.4, 0.5) is 10.1 Å². The van der Waals surface area contributed by atoms with Gasteiger partial charge in [-0.15, -0.1) is 0 Å². The van der Waals surface area contributed by atoms with Crippen molar-refractivity contribution in [2.75, 3.05) is 5.32 Å². The molecule has 1 amide bonds. The summed E-state index contributed by atoms with van der Waals surface area (Å²) >= 11 is 11.3. The fourth-order valence-corrected chi connectivity index (χ4v) is 5.58. The van der Waals surface area contributed by atoms with Crippen molar-refractivity contribution in [3.8, 4) is 11.4 Å². The van der Waals surface area contributed by atoms with Gasteiger partial charge in [0.15, 0.2) is 11.1 Å². The molecule has 1 saturated carbocycles. The lowest BCUT2D eigenvalue weighted by Gasteiger charge is -2.17. The van der Waals surface area contributed by atoms with Crippen LogP contribution in [0.5, 0.6) is 0 Å². The van der Waals surface area contributed by atoms with Gasteiger partial charge in [-0.2, -0.15) is 4.98 Å². The molecule has 0 spiro atoms. The van der Waals surface area contributed by atoms with E-state index in [9.17, 15) is 17.9 Å². The van der Waals surface area contributed by atoms with Crippen molar-refractivity contribution in [3.63, 3.8) is 0 Å². The second kappa shape index (κ2) is 10.6. The average molecular weight is 574 g/mol. The summed E-state index contributed by atoms with van der Waals surface area (Å²) in [5, 5.41) is 7.08. The maximum Gasteiger partial charge on any atom is 0.237 e. The van der Waals surface area contributed by atoms with Crippen LogP contribution in [0.15, 0.2) is 65.2 Å². The van der Waals surface area contributed by atoms with Gasteiger partial charge in [-0.1, -0.05) is 52.6 Å². The van der Waals surface area contributed by atoms with E-state index >= 15 is 0 Å². The third-order valence-electron chi connectivity index (χ3n) is 6.61. The Bertz CT molecular complexity index is 1500. The van der Waals surface area contributed by atoms with E-state index in [0.29, 0.717) is 57.0 Å². The quantitative estimate of drug-likeness (QED) is 0.226. The third-order valence-corrected chi connectivity index (χ3v) is 8.08. The Hall–Kier alpha value is -3.11. The van der Waals surface area contributed by atoms with Crippen LogP contribution in [0.3, 0.4) is 0 Å². The summed E-state index contributed by atoms with van der Waals surface area (Å²) in [4.78, 5) is 17.2. The van der Waals surface area contributed by atoms with Crippen molar-refractivity contribution in [1.29, 1.82) is 0 Å². The Morgan fingerprint density at radius 1 is 1.13 bits per heavy atom. The summed E-state index contributed by atoms with van der Waals surface area (Å²) in [6.07, 6.45) is 1.52. The Morgan fingerprint density at radius 2 is 1.76 bits per heavy atom. The number of benzene rings is 3. The van der Waals surface area contributed by atoms with E-state index in [1.165, 1.54) is 12.1 Å². The summed E-state index contributed by atoms with van der Waals surface area (Å²) in [5.41, 5.74) is 2.56. The lowest BCUT2D eigenvalue weighted by atomic mass is 9.95. The number of hydrogen-bond donors (Lipinski definition) is 2. The predicted molar refractivity (Wildman–Crippen MR) is 144 cm³/mol. The van der Waals surface area contributed by atoms with Crippen LogP contribution >= 0.6 is 23.2 Å². The molecule has 11 heteroatoms. The van der Waals surface area contributed by atoms with Crippen LogP contribution in [-0.2, 0) is 27.7 Å². The zero-order chi connectivity index (χ0) is 27.0. The number of halogens is 3. The van der Waals surface area contributed by atoms with E-state index < -0.39 is 21.7 Å². The third kappa shape index (κ3) is 5.37. The summed E-state index contributed by atoms with van der Waals surface area (Å²) in [7, 11) is 0. The van der Waals surface area contributed by atoms with Crippen LogP contribution < -0.4 is 5.32 Å². The first-order valence-corrected chi connectivity index (χ1v) is 13.7. The molecule has 1 aliphatic carbocycles. The van der Waals surface area contributed by atoms with E-state index in [2.05, 4.69) is 15.5 Å². The Balaban J connectivity index is 1.31. The first kappa shape index (κ1) is 26.5. The molecular weight excluding hydrogens is 552 g/mol. The summed E-state index contributed by atoms with van der Waals surface area (Å²) in [6, 6.07) is 16.1. The molecule has 0 aliphatic heterocycles. The minimum absolute atomic E-state index is 0.103. The van der Waals surface area contributed by atoms with Crippen molar-refractivity contribution >= 4 is 45.9 Å². The highest BCUT2D eigenvalue weighted by Gasteiger charge is 2.53. The molecule has 1 aromatic heterocycles. The molecule has 0 radical (unpaired) electrons. The molecule has 196 valence electrons. The van der Waals surface area contributed by atoms with E-state index in [1.54, 1.807) is 55.5 Å². The molecule has 2 N–H and O–H groups in total. The lowest BCUT2D eigenvalue weighted by molar-refractivity contribution is -0.115. The Labute approximate surface area is 230 Å². The van der Waals surface area contributed by atoms with Crippen molar-refractivity contribution < 1.29 is 22.5 Å². The van der Waals surface area contributed by atoms with Gasteiger partial charge in [-0.25, -0.2) is 8.60 Å². The molecule has 2 atom stereocenters. The number of anilines is 1. The molecule has 38 heavy (non-hydrogen) atoms. The van der Waals surface area contributed by atoms with Crippen molar-refractivity contribution in [1.82, 2.24) is 10.1 Å². The zero-order valence-corrected chi connectivity index (χ0v) is 22.4. The number of aromatic nitrogens is 2. The monoisotopic (exact) mass is 573 g/mol. The second-order valence-electron chi connectivity index (χ2n) is 9.21. The molecule has 5 rings (SSSR count). The van der Waals surface area contributed by atoms with Crippen molar-refractivity contribution in [2.24, 2.45) is 0 Å². The van der Waals surface area contributed by atoms with Gasteiger partial charge in [0.2, 0.25) is 17.6 Å². The van der Waals surface area contributed by atoms with Crippen LogP contribution in [0, 0.1) is 5.82 Å². The number of carbonyl (C=O) groups is 1. The maximum atomic E-state index is 13.3. The SMILES string of the molecule is CC(c1ccc(CC(=O)Nc2cc(Cl)c(C3(c4nc(-c5ccc(F)cc5)no4)CC3)c(Cl)c2)cc1)S(=O)O.